The number of aromatic nitrogens is 1. The van der Waals surface area contributed by atoms with E-state index in [1.807, 2.05) is 54.6 Å². The summed E-state index contributed by atoms with van der Waals surface area (Å²) >= 11 is 0. The van der Waals surface area contributed by atoms with Gasteiger partial charge < -0.3 is 9.47 Å². The fraction of sp³-hybridized carbons (Fsp3) is 0.379. The normalized spacial score (nSPS) is 10.7. The molecule has 3 aromatic rings. The van der Waals surface area contributed by atoms with E-state index in [4.69, 9.17) is 9.47 Å². The van der Waals surface area contributed by atoms with Crippen LogP contribution in [0.3, 0.4) is 0 Å². The highest BCUT2D eigenvalue weighted by molar-refractivity contribution is 5.91. The van der Waals surface area contributed by atoms with Crippen LogP contribution >= 0.6 is 0 Å². The van der Waals surface area contributed by atoms with E-state index >= 15 is 0 Å². The number of benzene rings is 2. The van der Waals surface area contributed by atoms with Gasteiger partial charge in [0.05, 0.1) is 24.1 Å². The Balaban J connectivity index is 1.51. The molecule has 3 rings (SSSR count). The molecule has 4 nitrogen and oxygen atoms in total. The molecule has 0 unspecified atom stereocenters. The van der Waals surface area contributed by atoms with Crippen molar-refractivity contribution in [3.05, 3.63) is 78.0 Å². The van der Waals surface area contributed by atoms with Gasteiger partial charge in [0.15, 0.2) is 0 Å². The molecular weight excluding hydrogens is 410 g/mol. The van der Waals surface area contributed by atoms with Crippen molar-refractivity contribution in [1.82, 2.24) is 4.98 Å². The molecule has 4 heteroatoms. The molecule has 0 aliphatic heterocycles. The van der Waals surface area contributed by atoms with Crippen LogP contribution < -0.4 is 9.47 Å². The predicted molar refractivity (Wildman–Crippen MR) is 134 cm³/mol. The first-order valence-corrected chi connectivity index (χ1v) is 12.2. The standard InChI is InChI=1S/C29H35NO3/c1-3-5-7-8-10-23-11-13-25(14-12-23)29(31)33-27-19-20-28(30-22-27)24-15-17-26(18-16-24)32-21-9-6-4-2/h11-20,22H,3-10,21H2,1-2H3. The minimum Gasteiger partial charge on any atom is -0.494 e. The fourth-order valence-corrected chi connectivity index (χ4v) is 3.60. The average Bonchev–Trinajstić information content (AvgIpc) is 2.86. The van der Waals surface area contributed by atoms with E-state index in [0.717, 1.165) is 36.5 Å². The van der Waals surface area contributed by atoms with Gasteiger partial charge in [0.2, 0.25) is 0 Å². The number of rotatable bonds is 13. The summed E-state index contributed by atoms with van der Waals surface area (Å²) in [6, 6.07) is 19.3. The third-order valence-electron chi connectivity index (χ3n) is 5.62. The van der Waals surface area contributed by atoms with Crippen LogP contribution in [0.5, 0.6) is 11.5 Å². The molecule has 0 aliphatic carbocycles. The molecule has 0 atom stereocenters. The summed E-state index contributed by atoms with van der Waals surface area (Å²) in [5, 5.41) is 0. The van der Waals surface area contributed by atoms with Crippen LogP contribution in [0.4, 0.5) is 0 Å². The Morgan fingerprint density at radius 1 is 0.758 bits per heavy atom. The Hall–Kier alpha value is -3.14. The summed E-state index contributed by atoms with van der Waals surface area (Å²) in [4.78, 5) is 16.9. The Labute approximate surface area is 198 Å². The van der Waals surface area contributed by atoms with Gasteiger partial charge in [-0.25, -0.2) is 4.79 Å². The number of esters is 1. The lowest BCUT2D eigenvalue weighted by atomic mass is 10.0. The molecule has 1 heterocycles. The number of ether oxygens (including phenoxy) is 2. The molecule has 2 aromatic carbocycles. The first-order chi connectivity index (χ1) is 16.2. The number of hydrogen-bond donors (Lipinski definition) is 0. The van der Waals surface area contributed by atoms with Crippen LogP contribution in [0, 0.1) is 0 Å². The third-order valence-corrected chi connectivity index (χ3v) is 5.62. The summed E-state index contributed by atoms with van der Waals surface area (Å²) in [6.45, 7) is 5.14. The molecular formula is C29H35NO3. The number of hydrogen-bond acceptors (Lipinski definition) is 4. The molecule has 0 radical (unpaired) electrons. The smallest absolute Gasteiger partial charge is 0.343 e. The summed E-state index contributed by atoms with van der Waals surface area (Å²) in [6.07, 6.45) is 11.0. The van der Waals surface area contributed by atoms with Gasteiger partial charge in [-0.15, -0.1) is 0 Å². The molecule has 1 aromatic heterocycles. The molecule has 0 amide bonds. The highest BCUT2D eigenvalue weighted by Crippen LogP contribution is 2.23. The summed E-state index contributed by atoms with van der Waals surface area (Å²) < 4.78 is 11.3. The van der Waals surface area contributed by atoms with Gasteiger partial charge in [-0.3, -0.25) is 4.98 Å². The van der Waals surface area contributed by atoms with E-state index < -0.39 is 0 Å². The van der Waals surface area contributed by atoms with Crippen molar-refractivity contribution in [3.63, 3.8) is 0 Å². The van der Waals surface area contributed by atoms with Gasteiger partial charge in [0.25, 0.3) is 0 Å². The first kappa shape index (κ1) is 24.5. The van der Waals surface area contributed by atoms with E-state index in [1.54, 1.807) is 12.3 Å². The van der Waals surface area contributed by atoms with Gasteiger partial charge in [0, 0.05) is 5.56 Å². The maximum absolute atomic E-state index is 12.5. The zero-order chi connectivity index (χ0) is 23.3. The number of carbonyl (C=O) groups is 1. The molecule has 0 N–H and O–H groups in total. The lowest BCUT2D eigenvalue weighted by Crippen LogP contribution is -2.08. The van der Waals surface area contributed by atoms with E-state index in [-0.39, 0.29) is 5.97 Å². The Kier molecular flexibility index (Phi) is 9.96. The Morgan fingerprint density at radius 2 is 1.45 bits per heavy atom. The maximum Gasteiger partial charge on any atom is 0.343 e. The van der Waals surface area contributed by atoms with Crippen LogP contribution in [-0.4, -0.2) is 17.6 Å². The van der Waals surface area contributed by atoms with Gasteiger partial charge in [-0.1, -0.05) is 58.1 Å². The van der Waals surface area contributed by atoms with Crippen LogP contribution in [-0.2, 0) is 6.42 Å². The molecule has 0 bridgehead atoms. The second kappa shape index (κ2) is 13.4. The first-order valence-electron chi connectivity index (χ1n) is 12.2. The number of carbonyl (C=O) groups excluding carboxylic acids is 1. The molecule has 0 spiro atoms. The van der Waals surface area contributed by atoms with Crippen LogP contribution in [0.1, 0.15) is 74.7 Å². The van der Waals surface area contributed by atoms with Gasteiger partial charge in [0.1, 0.15) is 11.5 Å². The average molecular weight is 446 g/mol. The fourth-order valence-electron chi connectivity index (χ4n) is 3.60. The predicted octanol–water partition coefficient (Wildman–Crippen LogP) is 7.66. The zero-order valence-corrected chi connectivity index (χ0v) is 19.9. The molecule has 0 aliphatic rings. The maximum atomic E-state index is 12.5. The van der Waals surface area contributed by atoms with Gasteiger partial charge in [-0.2, -0.15) is 0 Å². The lowest BCUT2D eigenvalue weighted by molar-refractivity contribution is 0.0734. The third kappa shape index (κ3) is 8.05. The van der Waals surface area contributed by atoms with Gasteiger partial charge >= 0.3 is 5.97 Å². The SMILES string of the molecule is CCCCCCc1ccc(C(=O)Oc2ccc(-c3ccc(OCCCCC)cc3)nc2)cc1. The molecule has 0 saturated carbocycles. The molecule has 0 fully saturated rings. The van der Waals surface area contributed by atoms with Crippen molar-refractivity contribution in [2.24, 2.45) is 0 Å². The number of unbranched alkanes of at least 4 members (excludes halogenated alkanes) is 5. The summed E-state index contributed by atoms with van der Waals surface area (Å²) in [7, 11) is 0. The van der Waals surface area contributed by atoms with E-state index in [0.29, 0.717) is 11.3 Å². The van der Waals surface area contributed by atoms with Crippen molar-refractivity contribution < 1.29 is 14.3 Å². The van der Waals surface area contributed by atoms with Crippen molar-refractivity contribution in [2.45, 2.75) is 65.2 Å². The Morgan fingerprint density at radius 3 is 2.12 bits per heavy atom. The number of pyridine rings is 1. The largest absolute Gasteiger partial charge is 0.494 e. The lowest BCUT2D eigenvalue weighted by Gasteiger charge is -2.08. The number of aryl methyl sites for hydroxylation is 1. The molecule has 174 valence electrons. The molecule has 0 saturated heterocycles. The van der Waals surface area contributed by atoms with Crippen molar-refractivity contribution >= 4 is 5.97 Å². The van der Waals surface area contributed by atoms with Crippen LogP contribution in [0.25, 0.3) is 11.3 Å². The van der Waals surface area contributed by atoms with Crippen molar-refractivity contribution in [1.29, 1.82) is 0 Å². The second-order valence-electron chi connectivity index (χ2n) is 8.36. The number of nitrogens with zero attached hydrogens (tertiary/aromatic N) is 1. The minimum absolute atomic E-state index is 0.369. The van der Waals surface area contributed by atoms with Crippen molar-refractivity contribution in [2.75, 3.05) is 6.61 Å². The van der Waals surface area contributed by atoms with E-state index in [9.17, 15) is 4.79 Å². The Bertz CT molecular complexity index is 963. The highest BCUT2D eigenvalue weighted by atomic mass is 16.5. The molecule has 33 heavy (non-hydrogen) atoms. The minimum atomic E-state index is -0.369. The summed E-state index contributed by atoms with van der Waals surface area (Å²) in [5.41, 5.74) is 3.61. The van der Waals surface area contributed by atoms with E-state index in [1.165, 1.54) is 44.1 Å². The topological polar surface area (TPSA) is 48.4 Å². The van der Waals surface area contributed by atoms with E-state index in [2.05, 4.69) is 18.8 Å². The second-order valence-corrected chi connectivity index (χ2v) is 8.36. The van der Waals surface area contributed by atoms with Crippen LogP contribution in [0.2, 0.25) is 0 Å². The summed E-state index contributed by atoms with van der Waals surface area (Å²) in [5.74, 6) is 0.933. The highest BCUT2D eigenvalue weighted by Gasteiger charge is 2.10. The zero-order valence-electron chi connectivity index (χ0n) is 19.9. The quantitative estimate of drug-likeness (QED) is 0.200. The van der Waals surface area contributed by atoms with Gasteiger partial charge in [-0.05, 0) is 73.4 Å². The van der Waals surface area contributed by atoms with Crippen molar-refractivity contribution in [3.8, 4) is 22.8 Å². The van der Waals surface area contributed by atoms with Crippen LogP contribution in [0.15, 0.2) is 66.9 Å². The monoisotopic (exact) mass is 445 g/mol.